The third-order valence-corrected chi connectivity index (χ3v) is 2.98. The molecule has 6 heteroatoms. The minimum atomic E-state index is -0.0848. The molecule has 0 radical (unpaired) electrons. The van der Waals surface area contributed by atoms with Crippen LogP contribution in [0, 0.1) is 0 Å². The summed E-state index contributed by atoms with van der Waals surface area (Å²) in [6.45, 7) is 3.80. The summed E-state index contributed by atoms with van der Waals surface area (Å²) in [5.41, 5.74) is 0.853. The molecule has 0 spiro atoms. The van der Waals surface area contributed by atoms with Crippen molar-refractivity contribution in [2.45, 2.75) is 0 Å². The van der Waals surface area contributed by atoms with Crippen molar-refractivity contribution in [2.75, 3.05) is 0 Å². The molecule has 3 rings (SSSR count). The van der Waals surface area contributed by atoms with Crippen LogP contribution < -0.4 is 10.7 Å². The highest BCUT2D eigenvalue weighted by atomic mass is 16.3. The van der Waals surface area contributed by atoms with Crippen LogP contribution in [0.4, 0.5) is 0 Å². The molecule has 0 aromatic heterocycles. The first-order valence-corrected chi connectivity index (χ1v) is 6.48. The molecule has 0 saturated heterocycles. The van der Waals surface area contributed by atoms with Gasteiger partial charge in [0.25, 0.3) is 0 Å². The van der Waals surface area contributed by atoms with Crippen LogP contribution in [0.2, 0.25) is 0 Å². The van der Waals surface area contributed by atoms with Crippen LogP contribution in [0.3, 0.4) is 0 Å². The summed E-state index contributed by atoms with van der Waals surface area (Å²) in [6.07, 6.45) is 1.37. The summed E-state index contributed by atoms with van der Waals surface area (Å²) in [5, 5.41) is 28.2. The number of hydrogen-bond acceptors (Lipinski definition) is 5. The van der Waals surface area contributed by atoms with Gasteiger partial charge in [0.15, 0.2) is 5.84 Å². The molecule has 0 bridgehead atoms. The van der Waals surface area contributed by atoms with Gasteiger partial charge in [0.2, 0.25) is 0 Å². The molecule has 2 N–H and O–H groups in total. The molecule has 0 fully saturated rings. The molecular weight excluding hydrogens is 280 g/mol. The zero-order valence-electron chi connectivity index (χ0n) is 11.5. The summed E-state index contributed by atoms with van der Waals surface area (Å²) >= 11 is 0. The second-order valence-electron chi connectivity index (χ2n) is 4.57. The van der Waals surface area contributed by atoms with Crippen molar-refractivity contribution in [1.29, 1.82) is 0 Å². The SMILES string of the molecule is C=C1N=c2ccccc2=N/C1=N\N=C\c1ccc(O)cc1O. The van der Waals surface area contributed by atoms with E-state index in [4.69, 9.17) is 0 Å². The maximum absolute atomic E-state index is 9.65. The molecule has 1 aliphatic heterocycles. The number of fused-ring (bicyclic) bond motifs is 1. The van der Waals surface area contributed by atoms with E-state index in [2.05, 4.69) is 26.8 Å². The Bertz CT molecular complexity index is 929. The molecule has 6 nitrogen and oxygen atoms in total. The molecule has 1 heterocycles. The topological polar surface area (TPSA) is 89.9 Å². The second-order valence-corrected chi connectivity index (χ2v) is 4.57. The minimum absolute atomic E-state index is 0.0213. The van der Waals surface area contributed by atoms with Crippen molar-refractivity contribution in [3.8, 4) is 11.5 Å². The smallest absolute Gasteiger partial charge is 0.200 e. The van der Waals surface area contributed by atoms with Gasteiger partial charge in [-0.05, 0) is 24.3 Å². The third-order valence-electron chi connectivity index (χ3n) is 2.98. The van der Waals surface area contributed by atoms with Gasteiger partial charge in [0, 0.05) is 11.6 Å². The van der Waals surface area contributed by atoms with Gasteiger partial charge in [0.1, 0.15) is 17.2 Å². The lowest BCUT2D eigenvalue weighted by Gasteiger charge is -2.03. The molecule has 2 aromatic rings. The minimum Gasteiger partial charge on any atom is -0.508 e. The van der Waals surface area contributed by atoms with Crippen LogP contribution in [-0.4, -0.2) is 22.3 Å². The van der Waals surface area contributed by atoms with E-state index in [1.54, 1.807) is 0 Å². The first kappa shape index (κ1) is 13.7. The normalized spacial score (nSPS) is 15.5. The van der Waals surface area contributed by atoms with Gasteiger partial charge in [-0.15, -0.1) is 5.10 Å². The number of phenols is 2. The van der Waals surface area contributed by atoms with Crippen LogP contribution in [0.5, 0.6) is 11.5 Å². The maximum Gasteiger partial charge on any atom is 0.200 e. The Hall–Kier alpha value is -3.28. The molecule has 0 unspecified atom stereocenters. The van der Waals surface area contributed by atoms with E-state index in [9.17, 15) is 10.2 Å². The molecule has 0 atom stereocenters. The van der Waals surface area contributed by atoms with Crippen LogP contribution in [-0.2, 0) is 0 Å². The Morgan fingerprint density at radius 1 is 1.00 bits per heavy atom. The number of aromatic hydroxyl groups is 2. The lowest BCUT2D eigenvalue weighted by atomic mass is 10.2. The first-order chi connectivity index (χ1) is 10.6. The highest BCUT2D eigenvalue weighted by Gasteiger charge is 2.07. The van der Waals surface area contributed by atoms with E-state index in [-0.39, 0.29) is 11.5 Å². The van der Waals surface area contributed by atoms with Gasteiger partial charge in [0.05, 0.1) is 16.9 Å². The standard InChI is InChI=1S/C16H12N4O2/c1-10-16(19-14-5-3-2-4-13(14)18-10)20-17-9-11-6-7-12(21)8-15(11)22/h2-9,21-22H,1H2/b17-9+,20-16-. The van der Waals surface area contributed by atoms with E-state index in [1.807, 2.05) is 24.3 Å². The zero-order chi connectivity index (χ0) is 15.5. The van der Waals surface area contributed by atoms with E-state index in [1.165, 1.54) is 24.4 Å². The molecule has 0 aliphatic carbocycles. The first-order valence-electron chi connectivity index (χ1n) is 6.48. The lowest BCUT2D eigenvalue weighted by molar-refractivity contribution is 0.450. The van der Waals surface area contributed by atoms with Crippen molar-refractivity contribution < 1.29 is 10.2 Å². The maximum atomic E-state index is 9.65. The van der Waals surface area contributed by atoms with Crippen LogP contribution in [0.25, 0.3) is 0 Å². The van der Waals surface area contributed by atoms with Crippen LogP contribution in [0.1, 0.15) is 5.56 Å². The lowest BCUT2D eigenvalue weighted by Crippen LogP contribution is -2.30. The summed E-state index contributed by atoms with van der Waals surface area (Å²) < 4.78 is 0. The molecule has 0 amide bonds. The highest BCUT2D eigenvalue weighted by molar-refractivity contribution is 5.99. The third kappa shape index (κ3) is 2.76. The number of para-hydroxylation sites is 2. The van der Waals surface area contributed by atoms with Gasteiger partial charge in [-0.25, -0.2) is 9.98 Å². The van der Waals surface area contributed by atoms with E-state index < -0.39 is 0 Å². The molecule has 22 heavy (non-hydrogen) atoms. The Labute approximate surface area is 125 Å². The number of hydrogen-bond donors (Lipinski definition) is 2. The van der Waals surface area contributed by atoms with Crippen LogP contribution in [0.15, 0.2) is 74.9 Å². The van der Waals surface area contributed by atoms with Gasteiger partial charge in [-0.3, -0.25) is 0 Å². The average molecular weight is 292 g/mol. The summed E-state index contributed by atoms with van der Waals surface area (Å²) in [5.74, 6) is 0.207. The van der Waals surface area contributed by atoms with Gasteiger partial charge < -0.3 is 10.2 Å². The molecule has 1 aliphatic rings. The highest BCUT2D eigenvalue weighted by Crippen LogP contribution is 2.20. The number of nitrogens with zero attached hydrogens (tertiary/aromatic N) is 4. The summed E-state index contributed by atoms with van der Waals surface area (Å²) in [6, 6.07) is 11.6. The molecule has 0 saturated carbocycles. The average Bonchev–Trinajstić information content (AvgIpc) is 2.50. The largest absolute Gasteiger partial charge is 0.508 e. The fourth-order valence-electron chi connectivity index (χ4n) is 1.89. The monoisotopic (exact) mass is 292 g/mol. The van der Waals surface area contributed by atoms with Crippen molar-refractivity contribution in [3.05, 3.63) is 71.0 Å². The van der Waals surface area contributed by atoms with Crippen LogP contribution >= 0.6 is 0 Å². The van der Waals surface area contributed by atoms with E-state index in [0.717, 1.165) is 5.36 Å². The van der Waals surface area contributed by atoms with Gasteiger partial charge in [-0.2, -0.15) is 5.10 Å². The fourth-order valence-corrected chi connectivity index (χ4v) is 1.89. The van der Waals surface area contributed by atoms with Crippen molar-refractivity contribution in [3.63, 3.8) is 0 Å². The molecular formula is C16H12N4O2. The Balaban J connectivity index is 1.91. The van der Waals surface area contributed by atoms with Crippen molar-refractivity contribution in [1.82, 2.24) is 0 Å². The van der Waals surface area contributed by atoms with Crippen molar-refractivity contribution in [2.24, 2.45) is 20.2 Å². The quantitative estimate of drug-likeness (QED) is 0.645. The number of phenolic OH excluding ortho intramolecular Hbond substituents is 2. The second kappa shape index (κ2) is 5.61. The molecule has 2 aromatic carbocycles. The Morgan fingerprint density at radius 3 is 2.45 bits per heavy atom. The Kier molecular flexibility index (Phi) is 3.49. The fraction of sp³-hybridized carbons (Fsp3) is 0. The summed E-state index contributed by atoms with van der Waals surface area (Å²) in [4.78, 5) is 8.64. The summed E-state index contributed by atoms with van der Waals surface area (Å²) in [7, 11) is 0. The zero-order valence-corrected chi connectivity index (χ0v) is 11.5. The Morgan fingerprint density at radius 2 is 1.73 bits per heavy atom. The van der Waals surface area contributed by atoms with Crippen molar-refractivity contribution >= 4 is 12.1 Å². The number of benzene rings is 2. The van der Waals surface area contributed by atoms with E-state index >= 15 is 0 Å². The van der Waals surface area contributed by atoms with E-state index in [0.29, 0.717) is 22.5 Å². The number of amidine groups is 1. The predicted molar refractivity (Wildman–Crippen MR) is 82.7 cm³/mol. The van der Waals surface area contributed by atoms with Gasteiger partial charge in [-0.1, -0.05) is 18.7 Å². The van der Waals surface area contributed by atoms with Gasteiger partial charge >= 0.3 is 0 Å². The molecule has 108 valence electrons. The predicted octanol–water partition coefficient (Wildman–Crippen LogP) is 1.30. The number of rotatable bonds is 2.